The molecule has 0 amide bonds. The highest BCUT2D eigenvalue weighted by Crippen LogP contribution is 2.16. The van der Waals surface area contributed by atoms with Gasteiger partial charge in [0.15, 0.2) is 0 Å². The van der Waals surface area contributed by atoms with Crippen LogP contribution in [0.4, 0.5) is 8.78 Å². The van der Waals surface area contributed by atoms with Crippen LogP contribution in [0.3, 0.4) is 0 Å². The number of hydrogen-bond donors (Lipinski definition) is 3. The summed E-state index contributed by atoms with van der Waals surface area (Å²) in [7, 11) is -4.29. The highest BCUT2D eigenvalue weighted by Gasteiger charge is 2.25. The van der Waals surface area contributed by atoms with E-state index in [1.54, 1.807) is 0 Å². The Labute approximate surface area is 103 Å². The predicted molar refractivity (Wildman–Crippen MR) is 59.3 cm³/mol. The first-order chi connectivity index (χ1) is 8.18. The van der Waals surface area contributed by atoms with Crippen molar-refractivity contribution >= 4 is 10.0 Å². The van der Waals surface area contributed by atoms with Crippen molar-refractivity contribution in [1.29, 1.82) is 0 Å². The maximum atomic E-state index is 13.3. The molecule has 0 aliphatic rings. The summed E-state index contributed by atoms with van der Waals surface area (Å²) >= 11 is 0. The minimum absolute atomic E-state index is 0.526. The minimum atomic E-state index is -4.29. The molecule has 0 saturated heterocycles. The van der Waals surface area contributed by atoms with Crippen LogP contribution in [-0.2, 0) is 10.0 Å². The van der Waals surface area contributed by atoms with Crippen molar-refractivity contribution < 1.29 is 27.4 Å². The molecule has 0 aliphatic heterocycles. The van der Waals surface area contributed by atoms with E-state index in [0.717, 1.165) is 6.07 Å². The number of aliphatic hydroxyl groups is 2. The molecule has 0 heterocycles. The Hall–Kier alpha value is -1.09. The van der Waals surface area contributed by atoms with E-state index in [2.05, 4.69) is 0 Å². The molecule has 1 aromatic carbocycles. The van der Waals surface area contributed by atoms with Crippen LogP contribution in [-0.4, -0.2) is 37.4 Å². The summed E-state index contributed by atoms with van der Waals surface area (Å²) in [5, 5.41) is 18.2. The fourth-order valence-electron chi connectivity index (χ4n) is 1.07. The molecular weight excluding hydrogens is 268 g/mol. The van der Waals surface area contributed by atoms with Crippen molar-refractivity contribution in [2.45, 2.75) is 17.4 Å². The highest BCUT2D eigenvalue weighted by molar-refractivity contribution is 7.89. The second-order valence-electron chi connectivity index (χ2n) is 4.05. The van der Waals surface area contributed by atoms with Crippen LogP contribution in [0.5, 0.6) is 0 Å². The van der Waals surface area contributed by atoms with Crippen molar-refractivity contribution in [2.75, 3.05) is 13.2 Å². The Morgan fingerprint density at radius 3 is 2.56 bits per heavy atom. The van der Waals surface area contributed by atoms with Crippen LogP contribution >= 0.6 is 0 Å². The molecule has 1 atom stereocenters. The fraction of sp³-hybridized carbons (Fsp3) is 0.400. The van der Waals surface area contributed by atoms with Gasteiger partial charge in [-0.1, -0.05) is 0 Å². The maximum Gasteiger partial charge on any atom is 0.243 e. The van der Waals surface area contributed by atoms with E-state index in [9.17, 15) is 22.3 Å². The van der Waals surface area contributed by atoms with Gasteiger partial charge in [-0.2, -0.15) is 0 Å². The predicted octanol–water partition coefficient (Wildman–Crippen LogP) is -0.0136. The van der Waals surface area contributed by atoms with E-state index < -0.39 is 45.3 Å². The molecule has 0 fully saturated rings. The van der Waals surface area contributed by atoms with Crippen LogP contribution in [0, 0.1) is 11.6 Å². The first-order valence-electron chi connectivity index (χ1n) is 4.96. The molecule has 1 rings (SSSR count). The zero-order valence-electron chi connectivity index (χ0n) is 9.52. The average molecular weight is 281 g/mol. The third kappa shape index (κ3) is 3.70. The summed E-state index contributed by atoms with van der Waals surface area (Å²) in [5.41, 5.74) is -1.68. The average Bonchev–Trinajstić information content (AvgIpc) is 2.30. The molecule has 0 aliphatic carbocycles. The molecule has 0 spiro atoms. The van der Waals surface area contributed by atoms with Crippen molar-refractivity contribution in [3.05, 3.63) is 29.8 Å². The molecule has 0 bridgehead atoms. The van der Waals surface area contributed by atoms with Crippen molar-refractivity contribution in [3.63, 3.8) is 0 Å². The lowest BCUT2D eigenvalue weighted by atomic mass is 10.1. The van der Waals surface area contributed by atoms with Crippen LogP contribution in [0.2, 0.25) is 0 Å². The summed E-state index contributed by atoms with van der Waals surface area (Å²) in [4.78, 5) is -0.851. The van der Waals surface area contributed by atoms with Crippen molar-refractivity contribution in [3.8, 4) is 0 Å². The second-order valence-corrected chi connectivity index (χ2v) is 5.79. The molecule has 0 aromatic heterocycles. The van der Waals surface area contributed by atoms with E-state index in [0.29, 0.717) is 12.1 Å². The van der Waals surface area contributed by atoms with Gasteiger partial charge >= 0.3 is 0 Å². The summed E-state index contributed by atoms with van der Waals surface area (Å²) in [5.74, 6) is -2.00. The number of nitrogens with one attached hydrogen (secondary N) is 1. The quantitative estimate of drug-likeness (QED) is 0.708. The molecule has 8 heteroatoms. The molecule has 0 saturated carbocycles. The third-order valence-corrected chi connectivity index (χ3v) is 3.58. The van der Waals surface area contributed by atoms with Gasteiger partial charge in [0, 0.05) is 6.54 Å². The lowest BCUT2D eigenvalue weighted by Gasteiger charge is -2.20. The van der Waals surface area contributed by atoms with Crippen LogP contribution < -0.4 is 4.72 Å². The highest BCUT2D eigenvalue weighted by atomic mass is 32.2. The van der Waals surface area contributed by atoms with Crippen LogP contribution in [0.25, 0.3) is 0 Å². The molecule has 1 unspecified atom stereocenters. The summed E-state index contributed by atoms with van der Waals surface area (Å²) in [6.45, 7) is -0.0135. The van der Waals surface area contributed by atoms with E-state index in [-0.39, 0.29) is 0 Å². The van der Waals surface area contributed by atoms with E-state index >= 15 is 0 Å². The summed E-state index contributed by atoms with van der Waals surface area (Å²) in [6, 6.07) is 2.01. The number of rotatable bonds is 5. The normalized spacial score (nSPS) is 15.4. The molecule has 102 valence electrons. The summed E-state index contributed by atoms with van der Waals surface area (Å²) in [6.07, 6.45) is 0. The zero-order chi connectivity index (χ0) is 14.0. The van der Waals surface area contributed by atoms with E-state index in [1.807, 2.05) is 4.72 Å². The lowest BCUT2D eigenvalue weighted by Crippen LogP contribution is -2.43. The van der Waals surface area contributed by atoms with Crippen LogP contribution in [0.15, 0.2) is 23.1 Å². The fourth-order valence-corrected chi connectivity index (χ4v) is 2.32. The van der Waals surface area contributed by atoms with Gasteiger partial charge in [-0.25, -0.2) is 21.9 Å². The number of hydrogen-bond acceptors (Lipinski definition) is 4. The monoisotopic (exact) mass is 281 g/mol. The smallest absolute Gasteiger partial charge is 0.243 e. The van der Waals surface area contributed by atoms with E-state index in [4.69, 9.17) is 5.11 Å². The van der Waals surface area contributed by atoms with Gasteiger partial charge in [-0.3, -0.25) is 0 Å². The Morgan fingerprint density at radius 1 is 1.39 bits per heavy atom. The second kappa shape index (κ2) is 5.27. The largest absolute Gasteiger partial charge is 0.393 e. The zero-order valence-corrected chi connectivity index (χ0v) is 10.3. The number of benzene rings is 1. The first kappa shape index (κ1) is 15.0. The molecule has 18 heavy (non-hydrogen) atoms. The van der Waals surface area contributed by atoms with Gasteiger partial charge in [-0.15, -0.1) is 0 Å². The number of aliphatic hydroxyl groups excluding tert-OH is 1. The van der Waals surface area contributed by atoms with Gasteiger partial charge in [0.2, 0.25) is 10.0 Å². The Balaban J connectivity index is 2.97. The number of sulfonamides is 1. The molecule has 3 N–H and O–H groups in total. The Bertz CT molecular complexity index is 531. The minimum Gasteiger partial charge on any atom is -0.393 e. The SMILES string of the molecule is CC(O)(CO)CNS(=O)(=O)c1cc(F)ccc1F. The van der Waals surface area contributed by atoms with Gasteiger partial charge in [-0.05, 0) is 25.1 Å². The van der Waals surface area contributed by atoms with Crippen molar-refractivity contribution in [2.24, 2.45) is 0 Å². The molecule has 0 radical (unpaired) electrons. The first-order valence-corrected chi connectivity index (χ1v) is 6.44. The molecular formula is C10H13F2NO4S. The maximum absolute atomic E-state index is 13.3. The van der Waals surface area contributed by atoms with E-state index in [1.165, 1.54) is 6.92 Å². The molecule has 5 nitrogen and oxygen atoms in total. The Morgan fingerprint density at radius 2 is 2.00 bits per heavy atom. The topological polar surface area (TPSA) is 86.6 Å². The van der Waals surface area contributed by atoms with Gasteiger partial charge in [0.05, 0.1) is 12.2 Å². The van der Waals surface area contributed by atoms with Gasteiger partial charge in [0.1, 0.15) is 16.5 Å². The molecule has 1 aromatic rings. The summed E-state index contributed by atoms with van der Waals surface area (Å²) < 4.78 is 51.3. The third-order valence-electron chi connectivity index (χ3n) is 2.17. The Kier molecular flexibility index (Phi) is 4.38. The number of halogens is 2. The van der Waals surface area contributed by atoms with Crippen molar-refractivity contribution in [1.82, 2.24) is 4.72 Å². The van der Waals surface area contributed by atoms with Gasteiger partial charge < -0.3 is 10.2 Å². The standard InChI is InChI=1S/C10H13F2NO4S/c1-10(15,6-14)5-13-18(16,17)9-4-7(11)2-3-8(9)12/h2-4,13-15H,5-6H2,1H3. The lowest BCUT2D eigenvalue weighted by molar-refractivity contribution is 0.00680. The van der Waals surface area contributed by atoms with Crippen LogP contribution in [0.1, 0.15) is 6.92 Å². The van der Waals surface area contributed by atoms with Gasteiger partial charge in [0.25, 0.3) is 0 Å².